The standard InChI is InChI=1S/C16H19ClN4O3/c17-13-4-2-1-3-12(13)9-21-14(5-7-18-21)19-15(23)20-8-6-16(24,10-20)11-22/h1-5,7,22,24H,6,8-11H2,(H,19,23). The van der Waals surface area contributed by atoms with Crippen molar-refractivity contribution in [2.24, 2.45) is 0 Å². The summed E-state index contributed by atoms with van der Waals surface area (Å²) in [6, 6.07) is 8.82. The average molecular weight is 351 g/mol. The summed E-state index contributed by atoms with van der Waals surface area (Å²) < 4.78 is 1.65. The lowest BCUT2D eigenvalue weighted by Gasteiger charge is -2.21. The number of anilines is 1. The first-order valence-electron chi connectivity index (χ1n) is 7.65. The molecule has 0 aliphatic carbocycles. The zero-order chi connectivity index (χ0) is 17.2. The molecule has 0 spiro atoms. The third kappa shape index (κ3) is 3.53. The summed E-state index contributed by atoms with van der Waals surface area (Å²) in [5, 5.41) is 26.8. The van der Waals surface area contributed by atoms with Crippen LogP contribution in [0.25, 0.3) is 0 Å². The van der Waals surface area contributed by atoms with Crippen LogP contribution < -0.4 is 5.32 Å². The summed E-state index contributed by atoms with van der Waals surface area (Å²) in [4.78, 5) is 13.8. The Bertz CT molecular complexity index is 736. The Morgan fingerprint density at radius 3 is 2.88 bits per heavy atom. The molecular formula is C16H19ClN4O3. The molecule has 1 saturated heterocycles. The van der Waals surface area contributed by atoms with E-state index in [0.29, 0.717) is 30.4 Å². The molecule has 1 aliphatic heterocycles. The van der Waals surface area contributed by atoms with Gasteiger partial charge >= 0.3 is 6.03 Å². The van der Waals surface area contributed by atoms with E-state index in [4.69, 9.17) is 11.6 Å². The highest BCUT2D eigenvalue weighted by Gasteiger charge is 2.37. The van der Waals surface area contributed by atoms with Gasteiger partial charge in [0.15, 0.2) is 0 Å². The Hall–Kier alpha value is -2.09. The Morgan fingerprint density at radius 1 is 1.38 bits per heavy atom. The second-order valence-corrected chi connectivity index (χ2v) is 6.36. The number of carbonyl (C=O) groups is 1. The van der Waals surface area contributed by atoms with Gasteiger partial charge in [0.25, 0.3) is 0 Å². The number of nitrogens with one attached hydrogen (secondary N) is 1. The number of hydrogen-bond donors (Lipinski definition) is 3. The largest absolute Gasteiger partial charge is 0.393 e. The highest BCUT2D eigenvalue weighted by molar-refractivity contribution is 6.31. The molecule has 3 N–H and O–H groups in total. The van der Waals surface area contributed by atoms with Crippen LogP contribution in [0.4, 0.5) is 10.6 Å². The number of β-amino-alcohol motifs (C(OH)–C–C–N with tert-alkyl or cyclic N) is 1. The van der Waals surface area contributed by atoms with Crippen molar-refractivity contribution >= 4 is 23.4 Å². The number of aliphatic hydroxyl groups is 2. The van der Waals surface area contributed by atoms with Crippen LogP contribution in [-0.4, -0.2) is 56.2 Å². The fourth-order valence-corrected chi connectivity index (χ4v) is 2.90. The molecule has 1 aromatic carbocycles. The third-order valence-corrected chi connectivity index (χ3v) is 4.51. The number of hydrogen-bond acceptors (Lipinski definition) is 4. The number of benzene rings is 1. The van der Waals surface area contributed by atoms with Gasteiger partial charge in [-0.05, 0) is 18.1 Å². The summed E-state index contributed by atoms with van der Waals surface area (Å²) in [5.74, 6) is 0.541. The number of rotatable bonds is 4. The summed E-state index contributed by atoms with van der Waals surface area (Å²) >= 11 is 6.16. The van der Waals surface area contributed by atoms with E-state index in [9.17, 15) is 15.0 Å². The molecule has 128 valence electrons. The lowest BCUT2D eigenvalue weighted by Crippen LogP contribution is -2.40. The number of aliphatic hydroxyl groups excluding tert-OH is 1. The van der Waals surface area contributed by atoms with E-state index in [1.807, 2.05) is 18.2 Å². The highest BCUT2D eigenvalue weighted by atomic mass is 35.5. The van der Waals surface area contributed by atoms with E-state index in [2.05, 4.69) is 10.4 Å². The molecule has 24 heavy (non-hydrogen) atoms. The smallest absolute Gasteiger partial charge is 0.323 e. The second kappa shape index (κ2) is 6.80. The maximum Gasteiger partial charge on any atom is 0.323 e. The quantitative estimate of drug-likeness (QED) is 0.780. The monoisotopic (exact) mass is 350 g/mol. The van der Waals surface area contributed by atoms with E-state index < -0.39 is 5.60 Å². The van der Waals surface area contributed by atoms with Crippen LogP contribution in [0.2, 0.25) is 5.02 Å². The molecule has 1 atom stereocenters. The first kappa shape index (κ1) is 16.8. The maximum atomic E-state index is 12.3. The molecule has 3 rings (SSSR count). The van der Waals surface area contributed by atoms with Crippen LogP contribution in [0.3, 0.4) is 0 Å². The zero-order valence-corrected chi connectivity index (χ0v) is 13.8. The van der Waals surface area contributed by atoms with Crippen molar-refractivity contribution in [2.45, 2.75) is 18.6 Å². The zero-order valence-electron chi connectivity index (χ0n) is 13.0. The van der Waals surface area contributed by atoms with Crippen LogP contribution in [0.15, 0.2) is 36.5 Å². The molecular weight excluding hydrogens is 332 g/mol. The van der Waals surface area contributed by atoms with Gasteiger partial charge in [0, 0.05) is 17.6 Å². The Balaban J connectivity index is 1.68. The second-order valence-electron chi connectivity index (χ2n) is 5.95. The van der Waals surface area contributed by atoms with Crippen LogP contribution in [0.5, 0.6) is 0 Å². The van der Waals surface area contributed by atoms with Gasteiger partial charge in [-0.25, -0.2) is 9.48 Å². The van der Waals surface area contributed by atoms with Gasteiger partial charge in [-0.1, -0.05) is 29.8 Å². The fraction of sp³-hybridized carbons (Fsp3) is 0.375. The molecule has 1 aliphatic rings. The molecule has 8 heteroatoms. The molecule has 0 saturated carbocycles. The molecule has 1 aromatic heterocycles. The predicted molar refractivity (Wildman–Crippen MR) is 90.0 cm³/mol. The minimum Gasteiger partial charge on any atom is -0.393 e. The van der Waals surface area contributed by atoms with Crippen molar-refractivity contribution in [3.05, 3.63) is 47.1 Å². The summed E-state index contributed by atoms with van der Waals surface area (Å²) in [6.07, 6.45) is 1.95. The van der Waals surface area contributed by atoms with Gasteiger partial charge in [-0.2, -0.15) is 5.10 Å². The SMILES string of the molecule is O=C(Nc1ccnn1Cc1ccccc1Cl)N1CCC(O)(CO)C1. The number of carbonyl (C=O) groups excluding carboxylic acids is 1. The van der Waals surface area contributed by atoms with E-state index in [0.717, 1.165) is 5.56 Å². The van der Waals surface area contributed by atoms with Crippen LogP contribution in [-0.2, 0) is 6.54 Å². The number of halogens is 1. The van der Waals surface area contributed by atoms with Crippen LogP contribution >= 0.6 is 11.6 Å². The molecule has 0 radical (unpaired) electrons. The van der Waals surface area contributed by atoms with Gasteiger partial charge in [-0.15, -0.1) is 0 Å². The van der Waals surface area contributed by atoms with E-state index in [1.54, 1.807) is 23.0 Å². The summed E-state index contributed by atoms with van der Waals surface area (Å²) in [7, 11) is 0. The minimum atomic E-state index is -1.21. The lowest BCUT2D eigenvalue weighted by atomic mass is 10.1. The summed E-state index contributed by atoms with van der Waals surface area (Å²) in [6.45, 7) is 0.569. The fourth-order valence-electron chi connectivity index (χ4n) is 2.70. The number of aromatic nitrogens is 2. The molecule has 2 aromatic rings. The van der Waals surface area contributed by atoms with Gasteiger partial charge in [0.1, 0.15) is 11.4 Å². The molecule has 2 heterocycles. The first-order valence-corrected chi connectivity index (χ1v) is 8.03. The normalized spacial score (nSPS) is 20.4. The van der Waals surface area contributed by atoms with Gasteiger partial charge in [0.05, 0.1) is 25.9 Å². The first-order chi connectivity index (χ1) is 11.5. The van der Waals surface area contributed by atoms with Crippen molar-refractivity contribution in [2.75, 3.05) is 25.0 Å². The van der Waals surface area contributed by atoms with Crippen molar-refractivity contribution in [3.63, 3.8) is 0 Å². The number of amides is 2. The van der Waals surface area contributed by atoms with Crippen molar-refractivity contribution in [1.82, 2.24) is 14.7 Å². The van der Waals surface area contributed by atoms with Gasteiger partial charge < -0.3 is 15.1 Å². The lowest BCUT2D eigenvalue weighted by molar-refractivity contribution is -0.00246. The maximum absolute atomic E-state index is 12.3. The minimum absolute atomic E-state index is 0.105. The van der Waals surface area contributed by atoms with Crippen molar-refractivity contribution in [1.29, 1.82) is 0 Å². The van der Waals surface area contributed by atoms with E-state index >= 15 is 0 Å². The topological polar surface area (TPSA) is 90.6 Å². The van der Waals surface area contributed by atoms with E-state index in [1.165, 1.54) is 4.90 Å². The molecule has 2 amide bonds. The van der Waals surface area contributed by atoms with Crippen LogP contribution in [0, 0.1) is 0 Å². The van der Waals surface area contributed by atoms with E-state index in [-0.39, 0.29) is 19.2 Å². The Labute approximate surface area is 144 Å². The molecule has 1 fully saturated rings. The molecule has 1 unspecified atom stereocenters. The number of nitrogens with zero attached hydrogens (tertiary/aromatic N) is 3. The molecule has 0 bridgehead atoms. The summed E-state index contributed by atoms with van der Waals surface area (Å²) in [5.41, 5.74) is -0.316. The molecule has 7 nitrogen and oxygen atoms in total. The van der Waals surface area contributed by atoms with Crippen molar-refractivity contribution < 1.29 is 15.0 Å². The predicted octanol–water partition coefficient (Wildman–Crippen LogP) is 1.55. The average Bonchev–Trinajstić information content (AvgIpc) is 3.17. The number of urea groups is 1. The van der Waals surface area contributed by atoms with Crippen molar-refractivity contribution in [3.8, 4) is 0 Å². The van der Waals surface area contributed by atoms with Gasteiger partial charge in [-0.3, -0.25) is 5.32 Å². The Morgan fingerprint density at radius 2 is 2.17 bits per heavy atom. The van der Waals surface area contributed by atoms with Gasteiger partial charge in [0.2, 0.25) is 0 Å². The highest BCUT2D eigenvalue weighted by Crippen LogP contribution is 2.22. The number of likely N-dealkylation sites (tertiary alicyclic amines) is 1. The Kier molecular flexibility index (Phi) is 4.75. The third-order valence-electron chi connectivity index (χ3n) is 4.14. The van der Waals surface area contributed by atoms with Crippen LogP contribution in [0.1, 0.15) is 12.0 Å².